The molecule has 0 radical (unpaired) electrons. The number of alkyl carbamates (subject to hydrolysis) is 1. The molecule has 2 heterocycles. The molecule has 0 spiro atoms. The fourth-order valence-electron chi connectivity index (χ4n) is 1.51. The van der Waals surface area contributed by atoms with Crippen LogP contribution in [0.25, 0.3) is 11.3 Å². The molecule has 0 aliphatic rings. The summed E-state index contributed by atoms with van der Waals surface area (Å²) < 4.78 is 5.96. The van der Waals surface area contributed by atoms with Crippen LogP contribution in [0.1, 0.15) is 25.8 Å². The Morgan fingerprint density at radius 1 is 1.43 bits per heavy atom. The number of thiazole rings is 1. The third-order valence-electron chi connectivity index (χ3n) is 2.36. The number of aromatic nitrogens is 2. The molecule has 5 nitrogen and oxygen atoms in total. The van der Waals surface area contributed by atoms with Gasteiger partial charge in [0.2, 0.25) is 0 Å². The lowest BCUT2D eigenvalue weighted by Gasteiger charge is -2.19. The van der Waals surface area contributed by atoms with Gasteiger partial charge >= 0.3 is 6.09 Å². The predicted molar refractivity (Wildman–Crippen MR) is 86.1 cm³/mol. The summed E-state index contributed by atoms with van der Waals surface area (Å²) in [5.74, 6) is 0. The summed E-state index contributed by atoms with van der Waals surface area (Å²) in [7, 11) is 0. The van der Waals surface area contributed by atoms with E-state index in [9.17, 15) is 4.79 Å². The Morgan fingerprint density at radius 2 is 2.19 bits per heavy atom. The smallest absolute Gasteiger partial charge is 0.408 e. The molecule has 2 rings (SSSR count). The average molecular weight is 370 g/mol. The van der Waals surface area contributed by atoms with Crippen LogP contribution >= 0.6 is 27.3 Å². The van der Waals surface area contributed by atoms with E-state index in [0.717, 1.165) is 20.9 Å². The van der Waals surface area contributed by atoms with Gasteiger partial charge in [-0.3, -0.25) is 0 Å². The summed E-state index contributed by atoms with van der Waals surface area (Å²) in [4.78, 5) is 20.2. The summed E-state index contributed by atoms with van der Waals surface area (Å²) >= 11 is 4.79. The van der Waals surface area contributed by atoms with Crippen LogP contribution in [0.2, 0.25) is 0 Å². The molecule has 0 aromatic carbocycles. The van der Waals surface area contributed by atoms with Gasteiger partial charge in [0.05, 0.1) is 12.2 Å². The molecule has 1 amide bonds. The Hall–Kier alpha value is -1.47. The van der Waals surface area contributed by atoms with Gasteiger partial charge in [0.15, 0.2) is 0 Å². The molecule has 0 atom stereocenters. The molecule has 0 unspecified atom stereocenters. The third kappa shape index (κ3) is 5.09. The van der Waals surface area contributed by atoms with Gasteiger partial charge in [0.1, 0.15) is 15.2 Å². The van der Waals surface area contributed by atoms with Gasteiger partial charge < -0.3 is 10.1 Å². The Bertz CT molecular complexity index is 620. The van der Waals surface area contributed by atoms with Crippen molar-refractivity contribution in [1.29, 1.82) is 0 Å². The maximum absolute atomic E-state index is 11.6. The van der Waals surface area contributed by atoms with Crippen LogP contribution in [-0.4, -0.2) is 21.7 Å². The van der Waals surface area contributed by atoms with Crippen molar-refractivity contribution in [3.8, 4) is 11.3 Å². The molecule has 7 heteroatoms. The van der Waals surface area contributed by atoms with Crippen LogP contribution < -0.4 is 5.32 Å². The first-order chi connectivity index (χ1) is 9.83. The molecule has 2 aromatic rings. The van der Waals surface area contributed by atoms with Crippen molar-refractivity contribution < 1.29 is 9.53 Å². The number of pyridine rings is 1. The van der Waals surface area contributed by atoms with E-state index in [0.29, 0.717) is 6.54 Å². The number of ether oxygens (including phenoxy) is 1. The van der Waals surface area contributed by atoms with E-state index >= 15 is 0 Å². The Kier molecular flexibility index (Phi) is 4.95. The number of rotatable bonds is 3. The summed E-state index contributed by atoms with van der Waals surface area (Å²) in [5.41, 5.74) is 1.29. The normalized spacial score (nSPS) is 11.2. The monoisotopic (exact) mass is 369 g/mol. The number of hydrogen-bond donors (Lipinski definition) is 1. The van der Waals surface area contributed by atoms with E-state index in [2.05, 4.69) is 31.2 Å². The van der Waals surface area contributed by atoms with Gasteiger partial charge in [-0.2, -0.15) is 0 Å². The fourth-order valence-corrected chi connectivity index (χ4v) is 2.49. The van der Waals surface area contributed by atoms with Crippen molar-refractivity contribution in [3.05, 3.63) is 33.3 Å². The number of amides is 1. The molecule has 0 aliphatic carbocycles. The first kappa shape index (κ1) is 15.9. The van der Waals surface area contributed by atoms with Crippen molar-refractivity contribution in [2.24, 2.45) is 0 Å². The minimum Gasteiger partial charge on any atom is -0.444 e. The van der Waals surface area contributed by atoms with Gasteiger partial charge in [-0.1, -0.05) is 0 Å². The van der Waals surface area contributed by atoms with Crippen LogP contribution in [0.5, 0.6) is 0 Å². The molecule has 0 fully saturated rings. The Balaban J connectivity index is 1.94. The quantitative estimate of drug-likeness (QED) is 0.830. The van der Waals surface area contributed by atoms with E-state index in [1.54, 1.807) is 6.20 Å². The Labute approximate surface area is 135 Å². The third-order valence-corrected chi connectivity index (χ3v) is 3.68. The lowest BCUT2D eigenvalue weighted by atomic mass is 10.2. The van der Waals surface area contributed by atoms with Gasteiger partial charge in [0, 0.05) is 17.1 Å². The van der Waals surface area contributed by atoms with Gasteiger partial charge in [-0.05, 0) is 48.8 Å². The standard InChI is InChI=1S/C14H16BrN3O2S/c1-14(2,3)20-13(19)17-7-12-18-10(8-21-12)9-4-5-11(15)16-6-9/h4-6,8H,7H2,1-3H3,(H,17,19). The molecule has 0 bridgehead atoms. The van der Waals surface area contributed by atoms with Crippen LogP contribution in [0.4, 0.5) is 4.79 Å². The first-order valence-corrected chi connectivity index (χ1v) is 8.04. The number of carbonyl (C=O) groups excluding carboxylic acids is 1. The molecule has 0 saturated carbocycles. The lowest BCUT2D eigenvalue weighted by molar-refractivity contribution is 0.0523. The number of halogens is 1. The average Bonchev–Trinajstić information content (AvgIpc) is 2.84. The van der Waals surface area contributed by atoms with Gasteiger partial charge in [0.25, 0.3) is 0 Å². The van der Waals surface area contributed by atoms with Crippen molar-refractivity contribution in [2.45, 2.75) is 32.9 Å². The fraction of sp³-hybridized carbons (Fsp3) is 0.357. The van der Waals surface area contributed by atoms with Gasteiger partial charge in [-0.25, -0.2) is 14.8 Å². The summed E-state index contributed by atoms with van der Waals surface area (Å²) in [6.07, 6.45) is 1.31. The predicted octanol–water partition coefficient (Wildman–Crippen LogP) is 3.99. The largest absolute Gasteiger partial charge is 0.444 e. The molecule has 1 N–H and O–H groups in total. The van der Waals surface area contributed by atoms with Crippen LogP contribution in [-0.2, 0) is 11.3 Å². The minimum absolute atomic E-state index is 0.351. The minimum atomic E-state index is -0.499. The zero-order chi connectivity index (χ0) is 15.5. The number of nitrogens with zero attached hydrogens (tertiary/aromatic N) is 2. The number of hydrogen-bond acceptors (Lipinski definition) is 5. The number of nitrogens with one attached hydrogen (secondary N) is 1. The highest BCUT2D eigenvalue weighted by Crippen LogP contribution is 2.22. The van der Waals surface area contributed by atoms with Crippen molar-refractivity contribution in [1.82, 2.24) is 15.3 Å². The number of carbonyl (C=O) groups is 1. The zero-order valence-corrected chi connectivity index (χ0v) is 14.4. The van der Waals surface area contributed by atoms with Gasteiger partial charge in [-0.15, -0.1) is 11.3 Å². The van der Waals surface area contributed by atoms with Crippen LogP contribution in [0, 0.1) is 0 Å². The van der Waals surface area contributed by atoms with Crippen molar-refractivity contribution >= 4 is 33.4 Å². The highest BCUT2D eigenvalue weighted by molar-refractivity contribution is 9.10. The molecule has 2 aromatic heterocycles. The lowest BCUT2D eigenvalue weighted by Crippen LogP contribution is -2.32. The summed E-state index contributed by atoms with van der Waals surface area (Å²) in [5, 5.41) is 5.45. The molecule has 21 heavy (non-hydrogen) atoms. The maximum atomic E-state index is 11.6. The second-order valence-corrected chi connectivity index (χ2v) is 7.11. The van der Waals surface area contributed by atoms with E-state index in [4.69, 9.17) is 4.74 Å². The molecule has 0 aliphatic heterocycles. The second kappa shape index (κ2) is 6.53. The van der Waals surface area contributed by atoms with E-state index in [-0.39, 0.29) is 0 Å². The highest BCUT2D eigenvalue weighted by atomic mass is 79.9. The molecular weight excluding hydrogens is 354 g/mol. The Morgan fingerprint density at radius 3 is 2.81 bits per heavy atom. The topological polar surface area (TPSA) is 64.1 Å². The summed E-state index contributed by atoms with van der Waals surface area (Å²) in [6.45, 7) is 5.83. The van der Waals surface area contributed by atoms with E-state index in [1.165, 1.54) is 11.3 Å². The van der Waals surface area contributed by atoms with Crippen LogP contribution in [0.15, 0.2) is 28.3 Å². The van der Waals surface area contributed by atoms with E-state index < -0.39 is 11.7 Å². The first-order valence-electron chi connectivity index (χ1n) is 6.37. The molecule has 112 valence electrons. The maximum Gasteiger partial charge on any atom is 0.408 e. The highest BCUT2D eigenvalue weighted by Gasteiger charge is 2.16. The summed E-state index contributed by atoms with van der Waals surface area (Å²) in [6, 6.07) is 3.81. The van der Waals surface area contributed by atoms with E-state index in [1.807, 2.05) is 38.3 Å². The van der Waals surface area contributed by atoms with Crippen molar-refractivity contribution in [3.63, 3.8) is 0 Å². The van der Waals surface area contributed by atoms with Crippen LogP contribution in [0.3, 0.4) is 0 Å². The SMILES string of the molecule is CC(C)(C)OC(=O)NCc1nc(-c2ccc(Br)nc2)cs1. The van der Waals surface area contributed by atoms with Crippen molar-refractivity contribution in [2.75, 3.05) is 0 Å². The molecular formula is C14H16BrN3O2S. The second-order valence-electron chi connectivity index (χ2n) is 5.35. The zero-order valence-electron chi connectivity index (χ0n) is 12.0. The molecule has 0 saturated heterocycles.